The lowest BCUT2D eigenvalue weighted by atomic mass is 10.1. The van der Waals surface area contributed by atoms with Gasteiger partial charge in [0, 0.05) is 14.1 Å². The van der Waals surface area contributed by atoms with Crippen LogP contribution in [-0.4, -0.2) is 23.5 Å². The van der Waals surface area contributed by atoms with Crippen molar-refractivity contribution in [2.75, 3.05) is 5.32 Å². The Morgan fingerprint density at radius 3 is 2.03 bits per heavy atom. The molecule has 164 valence electrons. The highest BCUT2D eigenvalue weighted by Crippen LogP contribution is 2.32. The quantitative estimate of drug-likeness (QED) is 0.510. The Balaban J connectivity index is 1.96. The van der Waals surface area contributed by atoms with E-state index in [4.69, 9.17) is 0 Å². The number of amides is 1. The molecular weight excluding hydrogens is 440 g/mol. The number of rotatable bonds is 4. The third-order valence-electron chi connectivity index (χ3n) is 5.15. The summed E-state index contributed by atoms with van der Waals surface area (Å²) in [5.41, 5.74) is -0.838. The van der Waals surface area contributed by atoms with Crippen LogP contribution in [0, 0.1) is 11.6 Å². The van der Waals surface area contributed by atoms with Gasteiger partial charge < -0.3 is 5.32 Å². The number of nitrogens with zero attached hydrogens (tertiary/aromatic N) is 2. The van der Waals surface area contributed by atoms with Crippen LogP contribution >= 0.6 is 0 Å². The van der Waals surface area contributed by atoms with E-state index in [9.17, 15) is 26.8 Å². The largest absolute Gasteiger partial charge is 0.328 e. The number of nitrogens with one attached hydrogen (secondary N) is 1. The molecule has 0 atom stereocenters. The highest BCUT2D eigenvalue weighted by molar-refractivity contribution is 7.91. The summed E-state index contributed by atoms with van der Waals surface area (Å²) in [7, 11) is -1.19. The highest BCUT2D eigenvalue weighted by Gasteiger charge is 2.26. The van der Waals surface area contributed by atoms with E-state index in [1.54, 1.807) is 6.07 Å². The predicted octanol–water partition coefficient (Wildman–Crippen LogP) is 3.24. The summed E-state index contributed by atoms with van der Waals surface area (Å²) in [5, 5.41) is 2.31. The number of carbonyl (C=O) groups is 1. The predicted molar refractivity (Wildman–Crippen MR) is 114 cm³/mol. The van der Waals surface area contributed by atoms with Crippen LogP contribution in [0.2, 0.25) is 0 Å². The van der Waals surface area contributed by atoms with Crippen LogP contribution in [0.1, 0.15) is 10.4 Å². The Kier molecular flexibility index (Phi) is 5.17. The number of hydrogen-bond acceptors (Lipinski definition) is 4. The average molecular weight is 457 g/mol. The number of aromatic nitrogens is 2. The van der Waals surface area contributed by atoms with Gasteiger partial charge in [-0.1, -0.05) is 24.3 Å². The van der Waals surface area contributed by atoms with Gasteiger partial charge in [0.25, 0.3) is 5.91 Å². The molecule has 0 spiro atoms. The van der Waals surface area contributed by atoms with Gasteiger partial charge in [-0.3, -0.25) is 13.9 Å². The maximum atomic E-state index is 14.1. The minimum atomic E-state index is -4.16. The van der Waals surface area contributed by atoms with Crippen molar-refractivity contribution in [2.45, 2.75) is 9.79 Å². The van der Waals surface area contributed by atoms with Crippen LogP contribution < -0.4 is 11.0 Å². The molecular formula is C22H17F2N3O4S. The maximum absolute atomic E-state index is 14.1. The van der Waals surface area contributed by atoms with Gasteiger partial charge in [-0.05, 0) is 36.4 Å². The van der Waals surface area contributed by atoms with Gasteiger partial charge in [0.1, 0.15) is 17.2 Å². The van der Waals surface area contributed by atoms with Gasteiger partial charge in [-0.25, -0.2) is 22.0 Å². The van der Waals surface area contributed by atoms with Crippen LogP contribution in [0.5, 0.6) is 0 Å². The summed E-state index contributed by atoms with van der Waals surface area (Å²) in [6.45, 7) is 0. The molecule has 7 nitrogen and oxygen atoms in total. The standard InChI is InChI=1S/C22H17F2N3O4S/c1-26-17-11-16(25-21(28)20-14(23)9-6-10-15(20)24)19(12-18(17)27(2)22(26)29)32(30,31)13-7-4-3-5-8-13/h3-12H,1-2H3,(H,25,28). The fourth-order valence-electron chi connectivity index (χ4n) is 3.47. The Labute approximate surface area is 181 Å². The zero-order chi connectivity index (χ0) is 23.2. The average Bonchev–Trinajstić information content (AvgIpc) is 2.97. The van der Waals surface area contributed by atoms with Crippen LogP contribution in [0.4, 0.5) is 14.5 Å². The number of halogens is 2. The summed E-state index contributed by atoms with van der Waals surface area (Å²) >= 11 is 0. The molecule has 0 aliphatic carbocycles. The molecule has 10 heteroatoms. The third-order valence-corrected chi connectivity index (χ3v) is 6.96. The van der Waals surface area contributed by atoms with Gasteiger partial charge >= 0.3 is 5.69 Å². The fraction of sp³-hybridized carbons (Fsp3) is 0.0909. The Morgan fingerprint density at radius 1 is 0.875 bits per heavy atom. The van der Waals surface area contributed by atoms with Gasteiger partial charge in [0.2, 0.25) is 9.84 Å². The fourth-order valence-corrected chi connectivity index (χ4v) is 4.91. The molecule has 0 radical (unpaired) electrons. The number of anilines is 1. The molecule has 0 bridgehead atoms. The van der Waals surface area contributed by atoms with E-state index in [0.29, 0.717) is 11.0 Å². The maximum Gasteiger partial charge on any atom is 0.328 e. The number of benzene rings is 3. The van der Waals surface area contributed by atoms with Crippen LogP contribution in [0.3, 0.4) is 0 Å². The van der Waals surface area contributed by atoms with Gasteiger partial charge in [0.15, 0.2) is 0 Å². The second kappa shape index (κ2) is 7.72. The molecule has 0 unspecified atom stereocenters. The zero-order valence-corrected chi connectivity index (χ0v) is 17.8. The lowest BCUT2D eigenvalue weighted by Gasteiger charge is -2.14. The molecule has 0 saturated carbocycles. The van der Waals surface area contributed by atoms with Gasteiger partial charge in [-0.2, -0.15) is 0 Å². The molecule has 32 heavy (non-hydrogen) atoms. The highest BCUT2D eigenvalue weighted by atomic mass is 32.2. The van der Waals surface area contributed by atoms with Crippen molar-refractivity contribution >= 4 is 32.5 Å². The van der Waals surface area contributed by atoms with Gasteiger partial charge in [-0.15, -0.1) is 0 Å². The topological polar surface area (TPSA) is 90.2 Å². The lowest BCUT2D eigenvalue weighted by molar-refractivity contribution is 0.101. The first-order valence-corrected chi connectivity index (χ1v) is 10.9. The molecule has 3 aromatic carbocycles. The summed E-state index contributed by atoms with van der Waals surface area (Å²) < 4.78 is 57.5. The first kappa shape index (κ1) is 21.4. The second-order valence-corrected chi connectivity index (χ2v) is 9.02. The van der Waals surface area contributed by atoms with Crippen molar-refractivity contribution in [3.8, 4) is 0 Å². The van der Waals surface area contributed by atoms with Crippen molar-refractivity contribution in [3.05, 3.63) is 88.3 Å². The summed E-state index contributed by atoms with van der Waals surface area (Å²) in [5.74, 6) is -3.35. The van der Waals surface area contributed by atoms with Crippen molar-refractivity contribution < 1.29 is 22.0 Å². The first-order valence-electron chi connectivity index (χ1n) is 9.38. The van der Waals surface area contributed by atoms with Crippen LogP contribution in [0.15, 0.2) is 75.2 Å². The van der Waals surface area contributed by atoms with Crippen LogP contribution in [-0.2, 0) is 23.9 Å². The van der Waals surface area contributed by atoms with E-state index in [1.165, 1.54) is 59.6 Å². The molecule has 4 aromatic rings. The molecule has 4 rings (SSSR count). The Bertz CT molecular complexity index is 1520. The molecule has 0 aliphatic rings. The number of sulfone groups is 1. The summed E-state index contributed by atoms with van der Waals surface area (Å²) in [6.07, 6.45) is 0. The minimum absolute atomic E-state index is 0.0483. The third kappa shape index (κ3) is 3.38. The zero-order valence-electron chi connectivity index (χ0n) is 17.0. The molecule has 1 aromatic heterocycles. The molecule has 0 saturated heterocycles. The van der Waals surface area contributed by atoms with E-state index in [-0.39, 0.29) is 15.5 Å². The number of imidazole rings is 1. The molecule has 1 amide bonds. The number of hydrogen-bond donors (Lipinski definition) is 1. The van der Waals surface area contributed by atoms with Gasteiger partial charge in [0.05, 0.1) is 26.5 Å². The molecule has 0 aliphatic heterocycles. The molecule has 1 heterocycles. The SMILES string of the molecule is Cn1c(=O)n(C)c2cc(S(=O)(=O)c3ccccc3)c(NC(=O)c3c(F)cccc3F)cc21. The van der Waals surface area contributed by atoms with E-state index in [1.807, 2.05) is 0 Å². The number of fused-ring (bicyclic) bond motifs is 1. The molecule has 0 fully saturated rings. The second-order valence-electron chi connectivity index (χ2n) is 7.10. The normalized spacial score (nSPS) is 11.6. The van der Waals surface area contributed by atoms with Crippen molar-refractivity contribution in [2.24, 2.45) is 14.1 Å². The van der Waals surface area contributed by atoms with E-state index in [2.05, 4.69) is 5.32 Å². The van der Waals surface area contributed by atoms with E-state index >= 15 is 0 Å². The lowest BCUT2D eigenvalue weighted by Crippen LogP contribution is -2.19. The minimum Gasteiger partial charge on any atom is -0.321 e. The summed E-state index contributed by atoms with van der Waals surface area (Å²) in [4.78, 5) is 24.7. The number of aryl methyl sites for hydroxylation is 2. The van der Waals surface area contributed by atoms with E-state index < -0.39 is 38.6 Å². The molecule has 1 N–H and O–H groups in total. The van der Waals surface area contributed by atoms with Crippen molar-refractivity contribution in [1.82, 2.24) is 9.13 Å². The Hall–Kier alpha value is -3.79. The smallest absolute Gasteiger partial charge is 0.321 e. The first-order chi connectivity index (χ1) is 15.1. The number of carbonyl (C=O) groups excluding carboxylic acids is 1. The monoisotopic (exact) mass is 457 g/mol. The van der Waals surface area contributed by atoms with Crippen LogP contribution in [0.25, 0.3) is 11.0 Å². The summed E-state index contributed by atoms with van der Waals surface area (Å²) in [6, 6.07) is 13.0. The van der Waals surface area contributed by atoms with E-state index in [0.717, 1.165) is 18.2 Å². The Morgan fingerprint density at radius 2 is 1.44 bits per heavy atom. The van der Waals surface area contributed by atoms with Crippen molar-refractivity contribution in [3.63, 3.8) is 0 Å². The van der Waals surface area contributed by atoms with Crippen molar-refractivity contribution in [1.29, 1.82) is 0 Å².